The molecule has 0 aromatic heterocycles. The number of methoxy groups -OCH3 is 1. The van der Waals surface area contributed by atoms with E-state index in [4.69, 9.17) is 14.2 Å². The lowest BCUT2D eigenvalue weighted by Crippen LogP contribution is -2.52. The van der Waals surface area contributed by atoms with E-state index in [0.29, 0.717) is 52.4 Å². The molecule has 0 saturated heterocycles. The highest BCUT2D eigenvalue weighted by Crippen LogP contribution is 2.22. The van der Waals surface area contributed by atoms with E-state index in [0.717, 1.165) is 25.8 Å². The Kier molecular flexibility index (Phi) is 18.7. The van der Waals surface area contributed by atoms with Crippen molar-refractivity contribution in [2.45, 2.75) is 100 Å². The second-order valence-corrected chi connectivity index (χ2v) is 14.7. The molecule has 0 aliphatic carbocycles. The van der Waals surface area contributed by atoms with Gasteiger partial charge in [0.15, 0.2) is 0 Å². The first-order valence-electron chi connectivity index (χ1n) is 15.5. The molecule has 0 aliphatic heterocycles. The monoisotopic (exact) mass is 600 g/mol. The topological polar surface area (TPSA) is 127 Å². The van der Waals surface area contributed by atoms with E-state index in [1.807, 2.05) is 41.7 Å². The number of carbonyl (C=O) groups is 3. The highest BCUT2D eigenvalue weighted by molar-refractivity contribution is 5.89. The fourth-order valence-corrected chi connectivity index (χ4v) is 4.16. The van der Waals surface area contributed by atoms with Crippen LogP contribution in [-0.4, -0.2) is 90.6 Å². The number of carbonyl (C=O) groups excluding carboxylic acids is 3. The SMILES string of the molecule is CCCC(=O)NCC(C)(C)COCC(C)(C)CNC(=O)C(CCCCNC)NC(=O)C(C)(C)COCC(C)(C)COC. The molecule has 248 valence electrons. The third kappa shape index (κ3) is 18.7. The standard InChI is InChI=1S/C32H64N4O6/c1-12-15-26(37)34-18-29(2,3)21-41-22-30(4,5)19-35-27(38)25(16-13-14-17-33-10)36-28(39)32(8,9)24-42-23-31(6,7)20-40-11/h25,33H,12-24H2,1-11H3,(H,34,37)(H,35,38)(H,36,39). The largest absolute Gasteiger partial charge is 0.384 e. The molecular weight excluding hydrogens is 536 g/mol. The zero-order chi connectivity index (χ0) is 32.5. The Balaban J connectivity index is 5.02. The van der Waals surface area contributed by atoms with Crippen LogP contribution in [0.5, 0.6) is 0 Å². The Bertz CT molecular complexity index is 798. The maximum Gasteiger partial charge on any atom is 0.242 e. The maximum atomic E-state index is 13.3. The van der Waals surface area contributed by atoms with Crippen LogP contribution in [0.3, 0.4) is 0 Å². The van der Waals surface area contributed by atoms with Gasteiger partial charge in [0.1, 0.15) is 6.04 Å². The summed E-state index contributed by atoms with van der Waals surface area (Å²) in [7, 11) is 3.56. The van der Waals surface area contributed by atoms with Gasteiger partial charge in [-0.3, -0.25) is 14.4 Å². The number of ether oxygens (including phenoxy) is 3. The molecule has 0 saturated carbocycles. The van der Waals surface area contributed by atoms with Crippen molar-refractivity contribution >= 4 is 17.7 Å². The van der Waals surface area contributed by atoms with Crippen LogP contribution in [0, 0.1) is 21.7 Å². The number of nitrogens with one attached hydrogen (secondary N) is 4. The van der Waals surface area contributed by atoms with Crippen LogP contribution in [0.25, 0.3) is 0 Å². The van der Waals surface area contributed by atoms with E-state index < -0.39 is 11.5 Å². The van der Waals surface area contributed by atoms with Gasteiger partial charge >= 0.3 is 0 Å². The average Bonchev–Trinajstić information content (AvgIpc) is 2.87. The maximum absolute atomic E-state index is 13.3. The molecule has 10 heteroatoms. The molecule has 42 heavy (non-hydrogen) atoms. The highest BCUT2D eigenvalue weighted by Gasteiger charge is 2.33. The van der Waals surface area contributed by atoms with E-state index in [1.165, 1.54) is 0 Å². The smallest absolute Gasteiger partial charge is 0.242 e. The zero-order valence-electron chi connectivity index (χ0n) is 28.7. The predicted octanol–water partition coefficient (Wildman–Crippen LogP) is 3.68. The Morgan fingerprint density at radius 2 is 1.29 bits per heavy atom. The molecule has 0 bridgehead atoms. The highest BCUT2D eigenvalue weighted by atomic mass is 16.5. The van der Waals surface area contributed by atoms with Crippen molar-refractivity contribution in [1.82, 2.24) is 21.3 Å². The molecule has 0 aromatic rings. The number of hydrogen-bond donors (Lipinski definition) is 4. The fourth-order valence-electron chi connectivity index (χ4n) is 4.16. The molecular formula is C32H64N4O6. The summed E-state index contributed by atoms with van der Waals surface area (Å²) in [6, 6.07) is -0.638. The average molecular weight is 601 g/mol. The Morgan fingerprint density at radius 3 is 1.83 bits per heavy atom. The van der Waals surface area contributed by atoms with Gasteiger partial charge in [-0.1, -0.05) is 48.5 Å². The third-order valence-corrected chi connectivity index (χ3v) is 6.86. The molecule has 0 aliphatic rings. The van der Waals surface area contributed by atoms with Crippen LogP contribution in [0.15, 0.2) is 0 Å². The third-order valence-electron chi connectivity index (χ3n) is 6.86. The van der Waals surface area contributed by atoms with E-state index in [-0.39, 0.29) is 40.6 Å². The van der Waals surface area contributed by atoms with Crippen molar-refractivity contribution in [3.8, 4) is 0 Å². The van der Waals surface area contributed by atoms with Crippen LogP contribution in [0.4, 0.5) is 0 Å². The Labute approximate surface area is 256 Å². The lowest BCUT2D eigenvalue weighted by molar-refractivity contribution is -0.137. The molecule has 3 amide bonds. The quantitative estimate of drug-likeness (QED) is 0.125. The van der Waals surface area contributed by atoms with E-state index in [9.17, 15) is 14.4 Å². The summed E-state index contributed by atoms with van der Waals surface area (Å²) in [5.74, 6) is -0.349. The normalized spacial score (nSPS) is 13.5. The summed E-state index contributed by atoms with van der Waals surface area (Å²) in [5.41, 5.74) is -1.49. The summed E-state index contributed by atoms with van der Waals surface area (Å²) in [6.07, 6.45) is 3.61. The molecule has 0 rings (SSSR count). The van der Waals surface area contributed by atoms with Gasteiger partial charge in [0, 0.05) is 42.9 Å². The first-order valence-corrected chi connectivity index (χ1v) is 15.5. The zero-order valence-corrected chi connectivity index (χ0v) is 28.7. The summed E-state index contributed by atoms with van der Waals surface area (Å²) >= 11 is 0. The molecule has 4 N–H and O–H groups in total. The number of amides is 3. The Hall–Kier alpha value is -1.75. The van der Waals surface area contributed by atoms with Gasteiger partial charge in [-0.2, -0.15) is 0 Å². The Morgan fingerprint density at radius 1 is 0.738 bits per heavy atom. The molecule has 1 unspecified atom stereocenters. The molecule has 0 aromatic carbocycles. The van der Waals surface area contributed by atoms with Crippen LogP contribution < -0.4 is 21.3 Å². The molecule has 0 radical (unpaired) electrons. The minimum atomic E-state index is -0.803. The molecule has 0 fully saturated rings. The van der Waals surface area contributed by atoms with Gasteiger partial charge in [-0.25, -0.2) is 0 Å². The van der Waals surface area contributed by atoms with Gasteiger partial charge in [-0.15, -0.1) is 0 Å². The van der Waals surface area contributed by atoms with Gasteiger partial charge in [0.25, 0.3) is 0 Å². The van der Waals surface area contributed by atoms with Crippen molar-refractivity contribution in [2.75, 3.05) is 66.8 Å². The molecule has 1 atom stereocenters. The van der Waals surface area contributed by atoms with E-state index >= 15 is 0 Å². The molecule has 0 spiro atoms. The van der Waals surface area contributed by atoms with Crippen molar-refractivity contribution in [1.29, 1.82) is 0 Å². The second-order valence-electron chi connectivity index (χ2n) is 14.7. The van der Waals surface area contributed by atoms with Crippen molar-refractivity contribution in [2.24, 2.45) is 21.7 Å². The summed E-state index contributed by atoms with van der Waals surface area (Å²) in [4.78, 5) is 38.4. The van der Waals surface area contributed by atoms with E-state index in [2.05, 4.69) is 49.0 Å². The summed E-state index contributed by atoms with van der Waals surface area (Å²) in [6.45, 7) is 21.9. The van der Waals surface area contributed by atoms with Gasteiger partial charge in [0.2, 0.25) is 17.7 Å². The van der Waals surface area contributed by atoms with Crippen LogP contribution in [-0.2, 0) is 28.6 Å². The lowest BCUT2D eigenvalue weighted by atomic mass is 9.91. The molecule has 0 heterocycles. The van der Waals surface area contributed by atoms with Crippen molar-refractivity contribution < 1.29 is 28.6 Å². The fraction of sp³-hybridized carbons (Fsp3) is 0.906. The minimum Gasteiger partial charge on any atom is -0.384 e. The van der Waals surface area contributed by atoms with Crippen molar-refractivity contribution in [3.63, 3.8) is 0 Å². The van der Waals surface area contributed by atoms with Crippen LogP contribution >= 0.6 is 0 Å². The molecule has 10 nitrogen and oxygen atoms in total. The van der Waals surface area contributed by atoms with Crippen LogP contribution in [0.2, 0.25) is 0 Å². The number of rotatable bonds is 24. The second kappa shape index (κ2) is 19.5. The minimum absolute atomic E-state index is 0.0585. The van der Waals surface area contributed by atoms with E-state index in [1.54, 1.807) is 7.11 Å². The first kappa shape index (κ1) is 40.2. The number of hydrogen-bond acceptors (Lipinski definition) is 7. The summed E-state index contributed by atoms with van der Waals surface area (Å²) in [5, 5.41) is 12.1. The van der Waals surface area contributed by atoms with Gasteiger partial charge in [-0.05, 0) is 53.1 Å². The van der Waals surface area contributed by atoms with Gasteiger partial charge in [0.05, 0.1) is 38.4 Å². The number of unbranched alkanes of at least 4 members (excludes halogenated alkanes) is 1. The predicted molar refractivity (Wildman–Crippen MR) is 169 cm³/mol. The van der Waals surface area contributed by atoms with Gasteiger partial charge < -0.3 is 35.5 Å². The van der Waals surface area contributed by atoms with Crippen molar-refractivity contribution in [3.05, 3.63) is 0 Å². The first-order chi connectivity index (χ1) is 19.4. The van der Waals surface area contributed by atoms with Crippen LogP contribution in [0.1, 0.15) is 94.4 Å². The lowest BCUT2D eigenvalue weighted by Gasteiger charge is -2.31. The summed E-state index contributed by atoms with van der Waals surface area (Å²) < 4.78 is 17.2.